The third-order valence-electron chi connectivity index (χ3n) is 13.4. The minimum absolute atomic E-state index is 0.0638. The van der Waals surface area contributed by atoms with Crippen molar-refractivity contribution in [3.8, 4) is 44.5 Å². The fourth-order valence-electron chi connectivity index (χ4n) is 10.5. The highest BCUT2D eigenvalue weighted by molar-refractivity contribution is 6.23. The van der Waals surface area contributed by atoms with E-state index in [4.69, 9.17) is 4.42 Å². The normalized spacial score (nSPS) is 13.4. The number of rotatable bonds is 3. The molecule has 276 valence electrons. The van der Waals surface area contributed by atoms with Crippen LogP contribution in [0.25, 0.3) is 121 Å². The molecule has 0 fully saturated rings. The minimum Gasteiger partial charge on any atom is -0.456 e. The Morgan fingerprint density at radius 2 is 0.831 bits per heavy atom. The second kappa shape index (κ2) is 11.8. The van der Waals surface area contributed by atoms with Gasteiger partial charge in [-0.2, -0.15) is 0 Å². The Hall–Kier alpha value is -7.42. The van der Waals surface area contributed by atoms with Crippen LogP contribution >= 0.6 is 0 Å². The molecular weight excluding hydrogens is 715 g/mol. The van der Waals surface area contributed by atoms with Gasteiger partial charge < -0.3 is 9.40 Å². The van der Waals surface area contributed by atoms with E-state index in [1.54, 1.807) is 0 Å². The second-order valence-corrected chi connectivity index (χ2v) is 16.9. The van der Waals surface area contributed by atoms with E-state index in [0.29, 0.717) is 0 Å². The van der Waals surface area contributed by atoms with Crippen LogP contribution in [0, 0.1) is 0 Å². The molecule has 0 spiro atoms. The van der Waals surface area contributed by atoms with Gasteiger partial charge in [-0.15, -0.1) is 0 Å². The van der Waals surface area contributed by atoms with Crippen molar-refractivity contribution in [3.63, 3.8) is 0 Å². The lowest BCUT2D eigenvalue weighted by Crippen LogP contribution is -2.14. The average molecular weight is 752 g/mol. The van der Waals surface area contributed by atoms with Gasteiger partial charge in [0.25, 0.3) is 0 Å². The molecule has 13 rings (SSSR count). The maximum atomic E-state index is 6.53. The van der Waals surface area contributed by atoms with Gasteiger partial charge in [-0.1, -0.05) is 135 Å². The molecule has 2 heteroatoms. The summed E-state index contributed by atoms with van der Waals surface area (Å²) in [4.78, 5) is 3.61. The SMILES string of the molecule is CC1(C)c2ccc(-c3ccc4oc5ccc(-c6c7ccccc7c(-c7ccc8[nH]c9ccccc9c8c7)c7ccccc67)cc5c4c3)cc2-c2cc3ccccc3cc21. The van der Waals surface area contributed by atoms with E-state index in [2.05, 4.69) is 201 Å². The van der Waals surface area contributed by atoms with Crippen molar-refractivity contribution in [1.82, 2.24) is 4.98 Å². The highest BCUT2D eigenvalue weighted by Gasteiger charge is 2.36. The molecule has 59 heavy (non-hydrogen) atoms. The van der Waals surface area contributed by atoms with Gasteiger partial charge in [0, 0.05) is 38.0 Å². The molecule has 0 aliphatic heterocycles. The molecular formula is C57H37NO. The number of benzene rings is 10. The zero-order chi connectivity index (χ0) is 39.0. The molecule has 1 N–H and O–H groups in total. The monoisotopic (exact) mass is 751 g/mol. The van der Waals surface area contributed by atoms with Crippen LogP contribution in [0.4, 0.5) is 0 Å². The molecule has 0 saturated heterocycles. The number of fused-ring (bicyclic) bond motifs is 12. The summed E-state index contributed by atoms with van der Waals surface area (Å²) in [5.41, 5.74) is 16.8. The van der Waals surface area contributed by atoms with Crippen LogP contribution in [-0.4, -0.2) is 4.98 Å². The van der Waals surface area contributed by atoms with Crippen LogP contribution in [0.5, 0.6) is 0 Å². The van der Waals surface area contributed by atoms with E-state index in [0.717, 1.165) is 33.0 Å². The van der Waals surface area contributed by atoms with Gasteiger partial charge in [-0.25, -0.2) is 0 Å². The van der Waals surface area contributed by atoms with Crippen molar-refractivity contribution >= 4 is 76.1 Å². The van der Waals surface area contributed by atoms with E-state index in [-0.39, 0.29) is 5.41 Å². The first-order valence-corrected chi connectivity index (χ1v) is 20.6. The summed E-state index contributed by atoms with van der Waals surface area (Å²) in [7, 11) is 0. The van der Waals surface area contributed by atoms with Gasteiger partial charge in [0.1, 0.15) is 11.2 Å². The molecule has 0 atom stereocenters. The summed E-state index contributed by atoms with van der Waals surface area (Å²) in [6, 6.07) is 67.3. The average Bonchev–Trinajstić information content (AvgIpc) is 3.91. The first-order chi connectivity index (χ1) is 29.0. The Bertz CT molecular complexity index is 3710. The number of aromatic nitrogens is 1. The molecule has 1 aliphatic carbocycles. The quantitative estimate of drug-likeness (QED) is 0.179. The summed E-state index contributed by atoms with van der Waals surface area (Å²) >= 11 is 0. The van der Waals surface area contributed by atoms with E-state index >= 15 is 0 Å². The van der Waals surface area contributed by atoms with Crippen molar-refractivity contribution in [2.24, 2.45) is 0 Å². The van der Waals surface area contributed by atoms with Crippen molar-refractivity contribution < 1.29 is 4.42 Å². The molecule has 0 saturated carbocycles. The summed E-state index contributed by atoms with van der Waals surface area (Å²) < 4.78 is 6.53. The third-order valence-corrected chi connectivity index (χ3v) is 13.4. The van der Waals surface area contributed by atoms with Gasteiger partial charge in [-0.3, -0.25) is 0 Å². The minimum atomic E-state index is -0.0638. The molecule has 12 aromatic rings. The van der Waals surface area contributed by atoms with Crippen molar-refractivity contribution in [3.05, 3.63) is 193 Å². The molecule has 2 aromatic heterocycles. The van der Waals surface area contributed by atoms with Crippen molar-refractivity contribution in [2.75, 3.05) is 0 Å². The van der Waals surface area contributed by atoms with Crippen LogP contribution < -0.4 is 0 Å². The maximum Gasteiger partial charge on any atom is 0.135 e. The number of para-hydroxylation sites is 1. The lowest BCUT2D eigenvalue weighted by Gasteiger charge is -2.22. The smallest absolute Gasteiger partial charge is 0.135 e. The summed E-state index contributed by atoms with van der Waals surface area (Å²) in [6.45, 7) is 4.72. The van der Waals surface area contributed by atoms with E-state index in [1.165, 1.54) is 98.7 Å². The van der Waals surface area contributed by atoms with Crippen LogP contribution in [-0.2, 0) is 5.41 Å². The summed E-state index contributed by atoms with van der Waals surface area (Å²) in [6.07, 6.45) is 0. The molecule has 1 aliphatic rings. The number of H-pyrrole nitrogens is 1. The highest BCUT2D eigenvalue weighted by Crippen LogP contribution is 2.51. The predicted octanol–water partition coefficient (Wildman–Crippen LogP) is 16.0. The van der Waals surface area contributed by atoms with Gasteiger partial charge in [0.15, 0.2) is 0 Å². The molecule has 0 amide bonds. The number of nitrogens with one attached hydrogen (secondary N) is 1. The van der Waals surface area contributed by atoms with E-state index in [9.17, 15) is 0 Å². The summed E-state index contributed by atoms with van der Waals surface area (Å²) in [5.74, 6) is 0. The largest absolute Gasteiger partial charge is 0.456 e. The molecule has 10 aromatic carbocycles. The number of aromatic amines is 1. The zero-order valence-corrected chi connectivity index (χ0v) is 32.7. The van der Waals surface area contributed by atoms with E-state index < -0.39 is 0 Å². The Morgan fingerprint density at radius 3 is 1.51 bits per heavy atom. The van der Waals surface area contributed by atoms with Gasteiger partial charge >= 0.3 is 0 Å². The highest BCUT2D eigenvalue weighted by atomic mass is 16.3. The third kappa shape index (κ3) is 4.63. The summed E-state index contributed by atoms with van der Waals surface area (Å²) in [5, 5.41) is 12.3. The fourth-order valence-corrected chi connectivity index (χ4v) is 10.5. The molecule has 0 radical (unpaired) electrons. The molecule has 0 unspecified atom stereocenters. The van der Waals surface area contributed by atoms with Crippen LogP contribution in [0.1, 0.15) is 25.0 Å². The predicted molar refractivity (Wildman–Crippen MR) is 249 cm³/mol. The first kappa shape index (κ1) is 32.6. The van der Waals surface area contributed by atoms with Gasteiger partial charge in [0.2, 0.25) is 0 Å². The Labute approximate surface area is 341 Å². The van der Waals surface area contributed by atoms with Gasteiger partial charge in [0.05, 0.1) is 0 Å². The van der Waals surface area contributed by atoms with Crippen molar-refractivity contribution in [1.29, 1.82) is 0 Å². The van der Waals surface area contributed by atoms with Gasteiger partial charge in [-0.05, 0) is 149 Å². The lowest BCUT2D eigenvalue weighted by atomic mass is 9.81. The molecule has 2 heterocycles. The fraction of sp³-hybridized carbons (Fsp3) is 0.0526. The molecule has 0 bridgehead atoms. The zero-order valence-electron chi connectivity index (χ0n) is 32.7. The Kier molecular flexibility index (Phi) is 6.54. The Morgan fingerprint density at radius 1 is 0.356 bits per heavy atom. The maximum absolute atomic E-state index is 6.53. The topological polar surface area (TPSA) is 28.9 Å². The number of furan rings is 1. The van der Waals surface area contributed by atoms with Crippen LogP contribution in [0.2, 0.25) is 0 Å². The van der Waals surface area contributed by atoms with Crippen LogP contribution in [0.15, 0.2) is 186 Å². The Balaban J connectivity index is 0.979. The number of hydrogen-bond acceptors (Lipinski definition) is 1. The first-order valence-electron chi connectivity index (χ1n) is 20.6. The number of hydrogen-bond donors (Lipinski definition) is 1. The van der Waals surface area contributed by atoms with Crippen molar-refractivity contribution in [2.45, 2.75) is 19.3 Å². The van der Waals surface area contributed by atoms with Crippen LogP contribution in [0.3, 0.4) is 0 Å². The lowest BCUT2D eigenvalue weighted by molar-refractivity contribution is 0.661. The molecule has 2 nitrogen and oxygen atoms in total. The van der Waals surface area contributed by atoms with E-state index in [1.807, 2.05) is 0 Å². The standard InChI is InChI=1S/C57H37NO/c1-57(2)49-23-19-35(28-44(49)45-27-33-11-3-4-12-34(33)32-50(45)57)36-21-25-53-47(29-36)48-31-38(22-26-54(48)59-53)56-42-16-7-5-14-40(42)55(41-15-6-8-17-43(41)56)37-20-24-52-46(30-37)39-13-9-10-18-51(39)58-52/h3-32,58H,1-2H3. The second-order valence-electron chi connectivity index (χ2n) is 16.9.